The number of hydrogen-bond donors (Lipinski definition) is 1. The van der Waals surface area contributed by atoms with Crippen molar-refractivity contribution in [3.63, 3.8) is 0 Å². The van der Waals surface area contributed by atoms with Gasteiger partial charge in [-0.25, -0.2) is 0 Å². The van der Waals surface area contributed by atoms with Crippen molar-refractivity contribution in [3.05, 3.63) is 23.8 Å². The Balaban J connectivity index is 2.89. The van der Waals surface area contributed by atoms with Gasteiger partial charge in [0.15, 0.2) is 0 Å². The third kappa shape index (κ3) is 4.11. The minimum absolute atomic E-state index is 0.254. The average molecular weight is 268 g/mol. The van der Waals surface area contributed by atoms with Gasteiger partial charge in [0, 0.05) is 7.11 Å². The van der Waals surface area contributed by atoms with Crippen LogP contribution in [0.15, 0.2) is 18.2 Å². The molecule has 1 atom stereocenters. The van der Waals surface area contributed by atoms with Gasteiger partial charge in [-0.3, -0.25) is 0 Å². The standard InChI is InChI=1S/C15H24O4/c1-15(2,19-5)10-9-11(16)14-12(17-3)7-6-8-13(14)18-4/h6-8,11,16H,9-10H2,1-5H3. The molecule has 0 radical (unpaired) electrons. The highest BCUT2D eigenvalue weighted by Crippen LogP contribution is 2.37. The molecule has 0 saturated heterocycles. The summed E-state index contributed by atoms with van der Waals surface area (Å²) in [7, 11) is 4.85. The van der Waals surface area contributed by atoms with E-state index in [0.717, 1.165) is 6.42 Å². The summed E-state index contributed by atoms with van der Waals surface area (Å²) in [5.41, 5.74) is 0.440. The monoisotopic (exact) mass is 268 g/mol. The molecule has 0 amide bonds. The molecule has 0 aliphatic carbocycles. The minimum atomic E-state index is -0.638. The van der Waals surface area contributed by atoms with E-state index in [1.54, 1.807) is 21.3 Å². The molecule has 0 spiro atoms. The molecule has 0 aliphatic rings. The SMILES string of the molecule is COc1cccc(OC)c1C(O)CCC(C)(C)OC. The van der Waals surface area contributed by atoms with Crippen molar-refractivity contribution >= 4 is 0 Å². The predicted octanol–water partition coefficient (Wildman–Crippen LogP) is 2.94. The Morgan fingerprint density at radius 1 is 1.11 bits per heavy atom. The molecule has 1 rings (SSSR count). The van der Waals surface area contributed by atoms with Gasteiger partial charge >= 0.3 is 0 Å². The highest BCUT2D eigenvalue weighted by molar-refractivity contribution is 5.46. The molecule has 0 bridgehead atoms. The molecular weight excluding hydrogens is 244 g/mol. The van der Waals surface area contributed by atoms with Crippen molar-refractivity contribution in [2.45, 2.75) is 38.4 Å². The van der Waals surface area contributed by atoms with E-state index in [4.69, 9.17) is 14.2 Å². The Labute approximate surface area is 115 Å². The maximum Gasteiger partial charge on any atom is 0.128 e. The van der Waals surface area contributed by atoms with Crippen LogP contribution in [0.5, 0.6) is 11.5 Å². The largest absolute Gasteiger partial charge is 0.496 e. The number of aliphatic hydroxyl groups excluding tert-OH is 1. The van der Waals surface area contributed by atoms with E-state index >= 15 is 0 Å². The zero-order valence-electron chi connectivity index (χ0n) is 12.4. The quantitative estimate of drug-likeness (QED) is 0.826. The summed E-state index contributed by atoms with van der Waals surface area (Å²) in [5, 5.41) is 10.4. The second-order valence-corrected chi connectivity index (χ2v) is 5.09. The Hall–Kier alpha value is -1.26. The molecule has 0 heterocycles. The third-order valence-electron chi connectivity index (χ3n) is 3.37. The van der Waals surface area contributed by atoms with Crippen LogP contribution >= 0.6 is 0 Å². The fourth-order valence-corrected chi connectivity index (χ4v) is 1.94. The summed E-state index contributed by atoms with van der Waals surface area (Å²) in [6.45, 7) is 4.00. The number of ether oxygens (including phenoxy) is 3. The van der Waals surface area contributed by atoms with Crippen molar-refractivity contribution in [3.8, 4) is 11.5 Å². The molecule has 0 aromatic heterocycles. The van der Waals surface area contributed by atoms with E-state index in [1.165, 1.54) is 0 Å². The Morgan fingerprint density at radius 2 is 1.63 bits per heavy atom. The predicted molar refractivity (Wildman–Crippen MR) is 74.8 cm³/mol. The molecular formula is C15H24O4. The maximum atomic E-state index is 10.4. The number of benzene rings is 1. The van der Waals surface area contributed by atoms with Crippen molar-refractivity contribution in [2.24, 2.45) is 0 Å². The van der Waals surface area contributed by atoms with Gasteiger partial charge in [-0.1, -0.05) is 6.07 Å². The highest BCUT2D eigenvalue weighted by atomic mass is 16.5. The van der Waals surface area contributed by atoms with Crippen molar-refractivity contribution in [1.29, 1.82) is 0 Å². The molecule has 1 unspecified atom stereocenters. The van der Waals surface area contributed by atoms with Gasteiger partial charge in [0.1, 0.15) is 11.5 Å². The molecule has 0 saturated carbocycles. The lowest BCUT2D eigenvalue weighted by Gasteiger charge is -2.25. The van der Waals surface area contributed by atoms with Crippen molar-refractivity contribution < 1.29 is 19.3 Å². The van der Waals surface area contributed by atoms with Gasteiger partial charge in [-0.05, 0) is 38.8 Å². The van der Waals surface area contributed by atoms with Crippen LogP contribution in [0.1, 0.15) is 38.4 Å². The smallest absolute Gasteiger partial charge is 0.128 e. The van der Waals surface area contributed by atoms with Gasteiger partial charge < -0.3 is 19.3 Å². The molecule has 19 heavy (non-hydrogen) atoms. The zero-order valence-corrected chi connectivity index (χ0v) is 12.4. The number of rotatable bonds is 7. The molecule has 1 N–H and O–H groups in total. The first-order valence-corrected chi connectivity index (χ1v) is 6.39. The summed E-state index contributed by atoms with van der Waals surface area (Å²) in [4.78, 5) is 0. The van der Waals surface area contributed by atoms with E-state index in [9.17, 15) is 5.11 Å². The third-order valence-corrected chi connectivity index (χ3v) is 3.37. The normalized spacial score (nSPS) is 13.2. The zero-order chi connectivity index (χ0) is 14.5. The first-order valence-electron chi connectivity index (χ1n) is 6.39. The van der Waals surface area contributed by atoms with Gasteiger partial charge in [-0.15, -0.1) is 0 Å². The van der Waals surface area contributed by atoms with Gasteiger partial charge in [0.2, 0.25) is 0 Å². The topological polar surface area (TPSA) is 47.9 Å². The lowest BCUT2D eigenvalue weighted by Crippen LogP contribution is -2.23. The lowest BCUT2D eigenvalue weighted by atomic mass is 9.95. The molecule has 0 aliphatic heterocycles. The van der Waals surface area contributed by atoms with E-state index < -0.39 is 6.10 Å². The van der Waals surface area contributed by atoms with E-state index in [0.29, 0.717) is 23.5 Å². The lowest BCUT2D eigenvalue weighted by molar-refractivity contribution is 0.00238. The first-order chi connectivity index (χ1) is 8.95. The fraction of sp³-hybridized carbons (Fsp3) is 0.600. The van der Waals surface area contributed by atoms with Crippen LogP contribution in [0, 0.1) is 0 Å². The number of hydrogen-bond acceptors (Lipinski definition) is 4. The van der Waals surface area contributed by atoms with Crippen LogP contribution in [0.3, 0.4) is 0 Å². The van der Waals surface area contributed by atoms with Crippen LogP contribution in [0.25, 0.3) is 0 Å². The summed E-state index contributed by atoms with van der Waals surface area (Å²) >= 11 is 0. The number of aliphatic hydroxyl groups is 1. The van der Waals surface area contributed by atoms with Crippen LogP contribution < -0.4 is 9.47 Å². The van der Waals surface area contributed by atoms with Gasteiger partial charge in [-0.2, -0.15) is 0 Å². The van der Waals surface area contributed by atoms with Gasteiger partial charge in [0.25, 0.3) is 0 Å². The van der Waals surface area contributed by atoms with E-state index in [2.05, 4.69) is 0 Å². The van der Waals surface area contributed by atoms with E-state index in [1.807, 2.05) is 32.0 Å². The van der Waals surface area contributed by atoms with Crippen LogP contribution in [0.2, 0.25) is 0 Å². The minimum Gasteiger partial charge on any atom is -0.496 e. The van der Waals surface area contributed by atoms with Crippen LogP contribution in [0.4, 0.5) is 0 Å². The molecule has 4 heteroatoms. The average Bonchev–Trinajstić information content (AvgIpc) is 2.43. The summed E-state index contributed by atoms with van der Waals surface area (Å²) < 4.78 is 16.0. The van der Waals surface area contributed by atoms with Crippen LogP contribution in [-0.2, 0) is 4.74 Å². The molecule has 4 nitrogen and oxygen atoms in total. The second-order valence-electron chi connectivity index (χ2n) is 5.09. The Morgan fingerprint density at radius 3 is 2.05 bits per heavy atom. The van der Waals surface area contributed by atoms with Crippen molar-refractivity contribution in [1.82, 2.24) is 0 Å². The maximum absolute atomic E-state index is 10.4. The molecule has 1 aromatic carbocycles. The molecule has 108 valence electrons. The summed E-state index contributed by atoms with van der Waals surface area (Å²) in [6, 6.07) is 5.48. The Kier molecular flexibility index (Phi) is 5.63. The number of methoxy groups -OCH3 is 3. The molecule has 0 fully saturated rings. The van der Waals surface area contributed by atoms with Crippen molar-refractivity contribution in [2.75, 3.05) is 21.3 Å². The van der Waals surface area contributed by atoms with Crippen LogP contribution in [-0.4, -0.2) is 32.0 Å². The fourth-order valence-electron chi connectivity index (χ4n) is 1.94. The molecule has 1 aromatic rings. The summed E-state index contributed by atoms with van der Waals surface area (Å²) in [6.07, 6.45) is 0.684. The van der Waals surface area contributed by atoms with E-state index in [-0.39, 0.29) is 5.60 Å². The summed E-state index contributed by atoms with van der Waals surface area (Å²) in [5.74, 6) is 1.28. The Bertz CT molecular complexity index is 379. The van der Waals surface area contributed by atoms with Gasteiger partial charge in [0.05, 0.1) is 31.5 Å². The second kappa shape index (κ2) is 6.78. The highest BCUT2D eigenvalue weighted by Gasteiger charge is 2.23. The first kappa shape index (κ1) is 15.8.